The fourth-order valence-electron chi connectivity index (χ4n) is 4.24. The van der Waals surface area contributed by atoms with Gasteiger partial charge in [-0.05, 0) is 67.5 Å². The number of rotatable bonds is 11. The molecular formula is C26H42N2. The van der Waals surface area contributed by atoms with E-state index < -0.39 is 0 Å². The number of hydrogen-bond acceptors (Lipinski definition) is 2. The summed E-state index contributed by atoms with van der Waals surface area (Å²) in [6.45, 7) is 20.8. The van der Waals surface area contributed by atoms with Crippen LogP contribution in [0.2, 0.25) is 0 Å². The summed E-state index contributed by atoms with van der Waals surface area (Å²) < 4.78 is 0. The van der Waals surface area contributed by atoms with Crippen molar-refractivity contribution in [3.05, 3.63) is 60.4 Å². The molecule has 2 nitrogen and oxygen atoms in total. The van der Waals surface area contributed by atoms with E-state index in [-0.39, 0.29) is 0 Å². The summed E-state index contributed by atoms with van der Waals surface area (Å²) in [6.07, 6.45) is 18.7. The summed E-state index contributed by atoms with van der Waals surface area (Å²) in [5.74, 6) is 1.46. The van der Waals surface area contributed by atoms with Crippen LogP contribution < -0.4 is 0 Å². The van der Waals surface area contributed by atoms with Gasteiger partial charge in [-0.15, -0.1) is 0 Å². The van der Waals surface area contributed by atoms with Crippen molar-refractivity contribution in [1.82, 2.24) is 9.80 Å². The molecule has 0 spiro atoms. The first-order valence-electron chi connectivity index (χ1n) is 11.4. The molecule has 1 fully saturated rings. The SMILES string of the molecule is C=C/C=C\C=C1/CN(CCCN2CCC(CCCC)CC2)C=C1C(=C)C(C)C. The van der Waals surface area contributed by atoms with Crippen LogP contribution >= 0.6 is 0 Å². The monoisotopic (exact) mass is 382 g/mol. The van der Waals surface area contributed by atoms with E-state index in [4.69, 9.17) is 0 Å². The van der Waals surface area contributed by atoms with Crippen LogP contribution in [0.4, 0.5) is 0 Å². The number of piperidine rings is 1. The lowest BCUT2D eigenvalue weighted by molar-refractivity contribution is 0.172. The van der Waals surface area contributed by atoms with Gasteiger partial charge < -0.3 is 9.80 Å². The number of allylic oxidation sites excluding steroid dienone is 5. The Labute approximate surface area is 174 Å². The first-order valence-corrected chi connectivity index (χ1v) is 11.4. The first kappa shape index (κ1) is 22.7. The smallest absolute Gasteiger partial charge is 0.0430 e. The van der Waals surface area contributed by atoms with Gasteiger partial charge in [-0.1, -0.05) is 77.5 Å². The minimum atomic E-state index is 0.479. The third-order valence-electron chi connectivity index (χ3n) is 6.21. The molecule has 0 saturated carbocycles. The largest absolute Gasteiger partial charge is 0.372 e. The summed E-state index contributed by atoms with van der Waals surface area (Å²) in [5, 5.41) is 0. The lowest BCUT2D eigenvalue weighted by atomic mass is 9.91. The van der Waals surface area contributed by atoms with Gasteiger partial charge in [0.05, 0.1) is 0 Å². The van der Waals surface area contributed by atoms with Crippen LogP contribution in [0, 0.1) is 11.8 Å². The maximum atomic E-state index is 4.34. The number of hydrogen-bond donors (Lipinski definition) is 0. The van der Waals surface area contributed by atoms with Crippen LogP contribution in [0.1, 0.15) is 59.3 Å². The van der Waals surface area contributed by atoms with Crippen molar-refractivity contribution in [2.75, 3.05) is 32.7 Å². The van der Waals surface area contributed by atoms with Crippen molar-refractivity contribution in [2.24, 2.45) is 11.8 Å². The molecule has 2 rings (SSSR count). The number of unbranched alkanes of at least 4 members (excludes halogenated alkanes) is 1. The molecular weight excluding hydrogens is 340 g/mol. The van der Waals surface area contributed by atoms with E-state index in [0.717, 1.165) is 19.0 Å². The van der Waals surface area contributed by atoms with Gasteiger partial charge in [-0.2, -0.15) is 0 Å². The van der Waals surface area contributed by atoms with Gasteiger partial charge in [-0.3, -0.25) is 0 Å². The molecule has 2 heterocycles. The third kappa shape index (κ3) is 7.13. The van der Waals surface area contributed by atoms with Gasteiger partial charge in [-0.25, -0.2) is 0 Å². The molecule has 156 valence electrons. The van der Waals surface area contributed by atoms with Crippen molar-refractivity contribution in [3.63, 3.8) is 0 Å². The topological polar surface area (TPSA) is 6.48 Å². The highest BCUT2D eigenvalue weighted by atomic mass is 15.1. The lowest BCUT2D eigenvalue weighted by Gasteiger charge is -2.32. The Bertz CT molecular complexity index is 586. The number of nitrogens with zero attached hydrogens (tertiary/aromatic N) is 2. The normalized spacial score (nSPS) is 20.5. The van der Waals surface area contributed by atoms with E-state index in [2.05, 4.69) is 62.1 Å². The van der Waals surface area contributed by atoms with Gasteiger partial charge >= 0.3 is 0 Å². The van der Waals surface area contributed by atoms with E-state index in [1.807, 2.05) is 12.2 Å². The van der Waals surface area contributed by atoms with Crippen molar-refractivity contribution in [2.45, 2.75) is 59.3 Å². The van der Waals surface area contributed by atoms with E-state index in [9.17, 15) is 0 Å². The van der Waals surface area contributed by atoms with Crippen molar-refractivity contribution < 1.29 is 0 Å². The van der Waals surface area contributed by atoms with E-state index >= 15 is 0 Å². The molecule has 0 bridgehead atoms. The molecule has 2 aliphatic heterocycles. The Kier molecular flexibility index (Phi) is 9.84. The second kappa shape index (κ2) is 12.1. The lowest BCUT2D eigenvalue weighted by Crippen LogP contribution is -2.35. The highest BCUT2D eigenvalue weighted by molar-refractivity contribution is 5.51. The van der Waals surface area contributed by atoms with Crippen LogP contribution in [0.15, 0.2) is 60.4 Å². The summed E-state index contributed by atoms with van der Waals surface area (Å²) >= 11 is 0. The second-order valence-corrected chi connectivity index (χ2v) is 8.79. The van der Waals surface area contributed by atoms with E-state index in [1.54, 1.807) is 0 Å². The molecule has 2 aliphatic rings. The third-order valence-corrected chi connectivity index (χ3v) is 6.21. The highest BCUT2D eigenvalue weighted by Crippen LogP contribution is 2.30. The van der Waals surface area contributed by atoms with Crippen LogP contribution in [0.3, 0.4) is 0 Å². The Morgan fingerprint density at radius 3 is 2.57 bits per heavy atom. The number of likely N-dealkylation sites (tertiary alicyclic amines) is 1. The Morgan fingerprint density at radius 2 is 1.93 bits per heavy atom. The molecule has 28 heavy (non-hydrogen) atoms. The molecule has 0 aromatic heterocycles. The molecule has 0 amide bonds. The zero-order chi connectivity index (χ0) is 20.4. The minimum Gasteiger partial charge on any atom is -0.372 e. The first-order chi connectivity index (χ1) is 13.5. The van der Waals surface area contributed by atoms with Crippen LogP contribution in [-0.4, -0.2) is 42.5 Å². The standard InChI is InChI=1S/C26H42N2/c1-6-8-10-13-25-20-28(21-26(25)23(5)22(3)4)17-11-16-27-18-14-24(15-19-27)12-9-7-2/h6,8,10,13,21-22,24H,1,5,7,9,11-12,14-20H2,2-4H3/b10-8-,25-13+. The van der Waals surface area contributed by atoms with Gasteiger partial charge in [0.1, 0.15) is 0 Å². The van der Waals surface area contributed by atoms with Crippen molar-refractivity contribution >= 4 is 0 Å². The Hall–Kier alpha value is -1.54. The second-order valence-electron chi connectivity index (χ2n) is 8.79. The van der Waals surface area contributed by atoms with Crippen molar-refractivity contribution in [1.29, 1.82) is 0 Å². The molecule has 0 aromatic rings. The molecule has 1 saturated heterocycles. The fourth-order valence-corrected chi connectivity index (χ4v) is 4.24. The summed E-state index contributed by atoms with van der Waals surface area (Å²) in [4.78, 5) is 5.16. The summed E-state index contributed by atoms with van der Waals surface area (Å²) in [5.41, 5.74) is 3.96. The maximum Gasteiger partial charge on any atom is 0.0430 e. The molecule has 0 radical (unpaired) electrons. The average molecular weight is 383 g/mol. The quantitative estimate of drug-likeness (QED) is 0.384. The molecule has 0 atom stereocenters. The van der Waals surface area contributed by atoms with Gasteiger partial charge in [0.25, 0.3) is 0 Å². The highest BCUT2D eigenvalue weighted by Gasteiger charge is 2.22. The molecule has 0 unspecified atom stereocenters. The van der Waals surface area contributed by atoms with Crippen molar-refractivity contribution in [3.8, 4) is 0 Å². The average Bonchev–Trinajstić information content (AvgIpc) is 3.09. The maximum absolute atomic E-state index is 4.34. The predicted octanol–water partition coefficient (Wildman–Crippen LogP) is 6.36. The zero-order valence-electron chi connectivity index (χ0n) is 18.6. The predicted molar refractivity (Wildman–Crippen MR) is 124 cm³/mol. The molecule has 0 aliphatic carbocycles. The van der Waals surface area contributed by atoms with Gasteiger partial charge in [0, 0.05) is 19.3 Å². The van der Waals surface area contributed by atoms with E-state index in [0.29, 0.717) is 5.92 Å². The van der Waals surface area contributed by atoms with Crippen LogP contribution in [0.5, 0.6) is 0 Å². The minimum absolute atomic E-state index is 0.479. The molecule has 2 heteroatoms. The van der Waals surface area contributed by atoms with Gasteiger partial charge in [0.2, 0.25) is 0 Å². The van der Waals surface area contributed by atoms with E-state index in [1.165, 1.54) is 74.9 Å². The Balaban J connectivity index is 1.81. The summed E-state index contributed by atoms with van der Waals surface area (Å²) in [6, 6.07) is 0. The molecule has 0 N–H and O–H groups in total. The van der Waals surface area contributed by atoms with Gasteiger partial charge in [0.15, 0.2) is 0 Å². The fraction of sp³-hybridized carbons (Fsp3) is 0.615. The van der Waals surface area contributed by atoms with Crippen LogP contribution in [0.25, 0.3) is 0 Å². The Morgan fingerprint density at radius 1 is 1.18 bits per heavy atom. The molecule has 0 aromatic carbocycles. The summed E-state index contributed by atoms with van der Waals surface area (Å²) in [7, 11) is 0. The van der Waals surface area contributed by atoms with Crippen LogP contribution in [-0.2, 0) is 0 Å². The zero-order valence-corrected chi connectivity index (χ0v) is 18.6.